The minimum Gasteiger partial charge on any atom is -0.508 e. The highest BCUT2D eigenvalue weighted by atomic mass is 32.1. The van der Waals surface area contributed by atoms with E-state index in [0.29, 0.717) is 18.4 Å². The van der Waals surface area contributed by atoms with Crippen LogP contribution >= 0.6 is 12.2 Å². The van der Waals surface area contributed by atoms with E-state index in [9.17, 15) is 29.9 Å². The van der Waals surface area contributed by atoms with Crippen LogP contribution in [0.25, 0.3) is 11.1 Å². The summed E-state index contributed by atoms with van der Waals surface area (Å²) in [6.07, 6.45) is -1.18. The molecule has 0 aromatic heterocycles. The van der Waals surface area contributed by atoms with E-state index in [-0.39, 0.29) is 36.6 Å². The third-order valence-corrected chi connectivity index (χ3v) is 9.85. The molecule has 2 fully saturated rings. The molecule has 0 aliphatic carbocycles. The summed E-state index contributed by atoms with van der Waals surface area (Å²) in [5.74, 6) is -0.0660. The summed E-state index contributed by atoms with van der Waals surface area (Å²) in [5, 5.41) is 52.1. The molecule has 9 heteroatoms. The van der Waals surface area contributed by atoms with Gasteiger partial charge in [0.15, 0.2) is 0 Å². The van der Waals surface area contributed by atoms with Crippen molar-refractivity contribution < 1.29 is 34.7 Å². The van der Waals surface area contributed by atoms with Crippen LogP contribution in [-0.2, 0) is 4.74 Å². The Kier molecular flexibility index (Phi) is 10.3. The van der Waals surface area contributed by atoms with Crippen molar-refractivity contribution in [3.8, 4) is 16.9 Å². The van der Waals surface area contributed by atoms with Gasteiger partial charge in [-0.25, -0.2) is 4.39 Å². The Hall–Kier alpha value is -3.70. The fourth-order valence-electron chi connectivity index (χ4n) is 6.95. The zero-order valence-corrected chi connectivity index (χ0v) is 26.7. The zero-order chi connectivity index (χ0) is 33.1. The van der Waals surface area contributed by atoms with Gasteiger partial charge < -0.3 is 35.2 Å². The molecular formula is C38H40FNO6S. The summed E-state index contributed by atoms with van der Waals surface area (Å²) in [7, 11) is 0. The third-order valence-electron chi connectivity index (χ3n) is 9.49. The second kappa shape index (κ2) is 14.6. The van der Waals surface area contributed by atoms with Crippen molar-refractivity contribution in [2.24, 2.45) is 5.92 Å². The molecule has 7 nitrogen and oxygen atoms in total. The number of anilines is 1. The summed E-state index contributed by atoms with van der Waals surface area (Å²) in [6, 6.07) is 29.0. The number of thiocarbonyl (C=S) groups is 1. The molecule has 4 aromatic rings. The molecule has 7 atom stereocenters. The van der Waals surface area contributed by atoms with Crippen molar-refractivity contribution in [2.45, 2.75) is 68.7 Å². The number of phenolic OH excluding ortho intramolecular Hbond substituents is 1. The van der Waals surface area contributed by atoms with Crippen LogP contribution in [0.5, 0.6) is 5.75 Å². The first-order valence-corrected chi connectivity index (χ1v) is 16.5. The monoisotopic (exact) mass is 657 g/mol. The summed E-state index contributed by atoms with van der Waals surface area (Å²) in [6.45, 7) is -0.384. The lowest BCUT2D eigenvalue weighted by molar-refractivity contribution is -0.181. The third kappa shape index (κ3) is 7.26. The molecule has 0 saturated carbocycles. The maximum absolute atomic E-state index is 13.4. The maximum Gasteiger partial charge on any atom is 0.123 e. The average molecular weight is 658 g/mol. The highest BCUT2D eigenvalue weighted by molar-refractivity contribution is 7.80. The Morgan fingerprint density at radius 1 is 0.915 bits per heavy atom. The molecule has 2 aliphatic heterocycles. The van der Waals surface area contributed by atoms with Crippen LogP contribution in [0.4, 0.5) is 10.1 Å². The molecule has 0 radical (unpaired) electrons. The van der Waals surface area contributed by atoms with E-state index in [1.165, 1.54) is 12.1 Å². The van der Waals surface area contributed by atoms with Gasteiger partial charge in [0.25, 0.3) is 0 Å². The number of aliphatic hydroxyl groups is 4. The molecule has 0 amide bonds. The second-order valence-corrected chi connectivity index (χ2v) is 13.0. The molecule has 6 rings (SSSR count). The van der Waals surface area contributed by atoms with Crippen LogP contribution < -0.4 is 4.90 Å². The zero-order valence-electron chi connectivity index (χ0n) is 25.9. The Morgan fingerprint density at radius 2 is 1.62 bits per heavy atom. The molecule has 0 spiro atoms. The molecule has 5 N–H and O–H groups in total. The number of aliphatic hydroxyl groups excluding tert-OH is 4. The molecule has 47 heavy (non-hydrogen) atoms. The van der Waals surface area contributed by atoms with Crippen molar-refractivity contribution >= 4 is 22.9 Å². The van der Waals surface area contributed by atoms with Crippen molar-refractivity contribution in [3.05, 3.63) is 120 Å². The lowest BCUT2D eigenvalue weighted by Gasteiger charge is -2.36. The first-order valence-electron chi connectivity index (χ1n) is 16.1. The number of para-hydroxylation sites is 1. The number of phenols is 1. The Labute approximate surface area is 279 Å². The molecule has 2 aliphatic rings. The first kappa shape index (κ1) is 33.2. The lowest BCUT2D eigenvalue weighted by atomic mass is 9.87. The number of hydrogen-bond acceptors (Lipinski definition) is 7. The Bertz CT molecular complexity index is 1650. The van der Waals surface area contributed by atoms with Crippen molar-refractivity contribution in [1.82, 2.24) is 0 Å². The Morgan fingerprint density at radius 3 is 2.30 bits per heavy atom. The molecule has 2 saturated heterocycles. The molecular weight excluding hydrogens is 617 g/mol. The highest BCUT2D eigenvalue weighted by Crippen LogP contribution is 2.47. The minimum absolute atomic E-state index is 0.103. The largest absolute Gasteiger partial charge is 0.508 e. The van der Waals surface area contributed by atoms with Crippen LogP contribution in [0.15, 0.2) is 97.1 Å². The predicted molar refractivity (Wildman–Crippen MR) is 182 cm³/mol. The SMILES string of the molecule is OC[C@H]1O[C@@H](c2ccc(-c3ccc([C@@H]4[C@@H](CCC[C@@H](O)c5ccc(F)cc5)CC(=S)N4c4ccccc4)c(O)c3)cc2)C[C@@H](O)[C@@H]1O. The van der Waals surface area contributed by atoms with E-state index in [4.69, 9.17) is 17.0 Å². The summed E-state index contributed by atoms with van der Waals surface area (Å²) < 4.78 is 19.2. The quantitative estimate of drug-likeness (QED) is 0.122. The van der Waals surface area contributed by atoms with E-state index in [0.717, 1.165) is 45.8 Å². The minimum atomic E-state index is -1.13. The van der Waals surface area contributed by atoms with Crippen LogP contribution in [0.1, 0.15) is 67.0 Å². The lowest BCUT2D eigenvalue weighted by Crippen LogP contribution is -2.47. The fourth-order valence-corrected chi connectivity index (χ4v) is 7.39. The van der Waals surface area contributed by atoms with Gasteiger partial charge in [0.1, 0.15) is 23.8 Å². The van der Waals surface area contributed by atoms with Crippen LogP contribution in [0.3, 0.4) is 0 Å². The molecule has 2 heterocycles. The van der Waals surface area contributed by atoms with E-state index < -0.39 is 30.5 Å². The number of ether oxygens (including phenoxy) is 1. The topological polar surface area (TPSA) is 114 Å². The highest BCUT2D eigenvalue weighted by Gasteiger charge is 2.40. The van der Waals surface area contributed by atoms with Gasteiger partial charge in [0.05, 0.1) is 35.9 Å². The van der Waals surface area contributed by atoms with Gasteiger partial charge in [0, 0.05) is 24.1 Å². The number of benzene rings is 4. The van der Waals surface area contributed by atoms with Gasteiger partial charge in [0.2, 0.25) is 0 Å². The number of hydrogen-bond donors (Lipinski definition) is 5. The standard InChI is InChI=1S/C38H40FNO6S/c39-28-16-13-24(14-17-28)31(42)8-4-5-27-20-36(47)40(29-6-2-1-3-7-29)37(27)30-18-15-26(19-32(30)43)23-9-11-25(12-10-23)34-21-33(44)38(45)35(22-41)46-34/h1-3,6-7,9-19,27,31,33-35,37-38,41-45H,4-5,8,20-22H2/t27-,31+,33+,34+,35+,37-,38-/m0/s1. The van der Waals surface area contributed by atoms with Gasteiger partial charge in [-0.3, -0.25) is 0 Å². The van der Waals surface area contributed by atoms with Crippen LogP contribution in [-0.4, -0.2) is 55.4 Å². The fraction of sp³-hybridized carbons (Fsp3) is 0.342. The van der Waals surface area contributed by atoms with Crippen molar-refractivity contribution in [1.29, 1.82) is 0 Å². The van der Waals surface area contributed by atoms with Crippen molar-refractivity contribution in [3.63, 3.8) is 0 Å². The first-order chi connectivity index (χ1) is 22.7. The number of nitrogens with zero attached hydrogens (tertiary/aromatic N) is 1. The smallest absolute Gasteiger partial charge is 0.123 e. The number of rotatable bonds is 10. The van der Waals surface area contributed by atoms with Gasteiger partial charge in [-0.15, -0.1) is 0 Å². The molecule has 4 aromatic carbocycles. The van der Waals surface area contributed by atoms with Gasteiger partial charge in [-0.1, -0.05) is 85.4 Å². The predicted octanol–water partition coefficient (Wildman–Crippen LogP) is 6.54. The second-order valence-electron chi connectivity index (χ2n) is 12.5. The van der Waals surface area contributed by atoms with Crippen molar-refractivity contribution in [2.75, 3.05) is 11.5 Å². The number of aromatic hydroxyl groups is 1. The van der Waals surface area contributed by atoms with Crippen LogP contribution in [0.2, 0.25) is 0 Å². The average Bonchev–Trinajstić information content (AvgIpc) is 3.41. The van der Waals surface area contributed by atoms with E-state index in [2.05, 4.69) is 4.90 Å². The van der Waals surface area contributed by atoms with Crippen LogP contribution in [0, 0.1) is 11.7 Å². The summed E-state index contributed by atoms with van der Waals surface area (Å²) in [4.78, 5) is 2.94. The summed E-state index contributed by atoms with van der Waals surface area (Å²) >= 11 is 5.91. The van der Waals surface area contributed by atoms with Gasteiger partial charge >= 0.3 is 0 Å². The van der Waals surface area contributed by atoms with E-state index in [1.807, 2.05) is 66.7 Å². The maximum atomic E-state index is 13.4. The van der Waals surface area contributed by atoms with Gasteiger partial charge in [-0.2, -0.15) is 0 Å². The Balaban J connectivity index is 1.21. The van der Waals surface area contributed by atoms with E-state index >= 15 is 0 Å². The van der Waals surface area contributed by atoms with Gasteiger partial charge in [-0.05, 0) is 71.3 Å². The summed E-state index contributed by atoms with van der Waals surface area (Å²) in [5.41, 5.74) is 4.96. The normalized spacial score (nSPS) is 25.2. The van der Waals surface area contributed by atoms with E-state index in [1.54, 1.807) is 18.2 Å². The number of halogens is 1. The molecule has 0 bridgehead atoms. The molecule has 0 unspecified atom stereocenters. The molecule has 246 valence electrons.